The van der Waals surface area contributed by atoms with Gasteiger partial charge in [0.1, 0.15) is 0 Å². The summed E-state index contributed by atoms with van der Waals surface area (Å²) in [5.41, 5.74) is 5.60. The molecule has 4 rings (SSSR count). The average molecular weight is 321 g/mol. The second-order valence-corrected chi connectivity index (χ2v) is 7.41. The highest BCUT2D eigenvalue weighted by Gasteiger charge is 2.39. The van der Waals surface area contributed by atoms with Crippen molar-refractivity contribution < 1.29 is 0 Å². The maximum atomic E-state index is 4.51. The molecular formula is C21H27N3. The van der Waals surface area contributed by atoms with E-state index in [0.717, 1.165) is 13.0 Å². The number of likely N-dealkylation sites (tertiary alicyclic amines) is 1. The third-order valence-electron chi connectivity index (χ3n) is 5.64. The van der Waals surface area contributed by atoms with Gasteiger partial charge in [-0.25, -0.2) is 0 Å². The minimum absolute atomic E-state index is 0.649. The molecule has 2 aliphatic rings. The van der Waals surface area contributed by atoms with Crippen LogP contribution in [0.2, 0.25) is 0 Å². The quantitative estimate of drug-likeness (QED) is 0.860. The van der Waals surface area contributed by atoms with Crippen molar-refractivity contribution in [2.24, 2.45) is 0 Å². The Hall–Kier alpha value is -1.87. The Morgan fingerprint density at radius 2 is 2.12 bits per heavy atom. The number of hydrogen-bond donors (Lipinski definition) is 0. The van der Waals surface area contributed by atoms with Crippen molar-refractivity contribution in [3.63, 3.8) is 0 Å². The first-order chi connectivity index (χ1) is 11.7. The molecule has 2 aromatic rings. The van der Waals surface area contributed by atoms with Gasteiger partial charge in [0.2, 0.25) is 0 Å². The molecule has 0 N–H and O–H groups in total. The highest BCUT2D eigenvalue weighted by molar-refractivity contribution is 5.63. The van der Waals surface area contributed by atoms with E-state index in [0.29, 0.717) is 12.0 Å². The molecule has 0 unspecified atom stereocenters. The van der Waals surface area contributed by atoms with E-state index in [1.54, 1.807) is 5.56 Å². The van der Waals surface area contributed by atoms with E-state index in [1.807, 2.05) is 12.3 Å². The lowest BCUT2D eigenvalue weighted by Gasteiger charge is -2.29. The fraction of sp³-hybridized carbons (Fsp3) is 0.476. The number of aryl methyl sites for hydroxylation is 1. The number of nitrogens with zero attached hydrogens (tertiary/aromatic N) is 3. The van der Waals surface area contributed by atoms with Gasteiger partial charge in [-0.3, -0.25) is 4.98 Å². The van der Waals surface area contributed by atoms with Gasteiger partial charge in [0, 0.05) is 49.0 Å². The molecule has 3 heterocycles. The Labute approximate surface area is 145 Å². The highest BCUT2D eigenvalue weighted by atomic mass is 15.2. The van der Waals surface area contributed by atoms with Gasteiger partial charge in [-0.15, -0.1) is 0 Å². The van der Waals surface area contributed by atoms with Gasteiger partial charge in [0.05, 0.1) is 0 Å². The topological polar surface area (TPSA) is 19.4 Å². The normalized spacial score (nSPS) is 23.7. The standard InChI is InChI=1S/C21H27N3/c1-16-8-9-21-18(14-16)19-15-23(2)12-5-7-20(19)24(21)13-10-17-6-3-4-11-22-17/h3-4,6,8-9,11,14,19-20H,5,7,10,12-13,15H2,1-2H3/t19-,20+/m1/s1. The van der Waals surface area contributed by atoms with Gasteiger partial charge in [-0.1, -0.05) is 23.8 Å². The van der Waals surface area contributed by atoms with Crippen LogP contribution in [0, 0.1) is 6.92 Å². The number of rotatable bonds is 3. The van der Waals surface area contributed by atoms with E-state index >= 15 is 0 Å². The van der Waals surface area contributed by atoms with Crippen molar-refractivity contribution in [3.05, 3.63) is 59.4 Å². The molecule has 0 amide bonds. The molecule has 2 aliphatic heterocycles. The number of benzene rings is 1. The molecule has 1 aromatic heterocycles. The minimum Gasteiger partial charge on any atom is -0.367 e. The van der Waals surface area contributed by atoms with E-state index in [2.05, 4.69) is 59.1 Å². The highest BCUT2D eigenvalue weighted by Crippen LogP contribution is 2.44. The van der Waals surface area contributed by atoms with Crippen LogP contribution in [0.1, 0.15) is 35.6 Å². The van der Waals surface area contributed by atoms with Crippen molar-refractivity contribution in [1.82, 2.24) is 9.88 Å². The summed E-state index contributed by atoms with van der Waals surface area (Å²) in [5.74, 6) is 0.649. The van der Waals surface area contributed by atoms with Gasteiger partial charge in [-0.2, -0.15) is 0 Å². The predicted molar refractivity (Wildman–Crippen MR) is 99.7 cm³/mol. The molecule has 1 saturated heterocycles. The molecule has 0 radical (unpaired) electrons. The summed E-state index contributed by atoms with van der Waals surface area (Å²) in [6, 6.07) is 13.9. The van der Waals surface area contributed by atoms with Crippen LogP contribution in [0.4, 0.5) is 5.69 Å². The van der Waals surface area contributed by atoms with Gasteiger partial charge < -0.3 is 9.80 Å². The average Bonchev–Trinajstić information content (AvgIpc) is 2.73. The van der Waals surface area contributed by atoms with Crippen LogP contribution >= 0.6 is 0 Å². The maximum absolute atomic E-state index is 4.51. The first kappa shape index (κ1) is 15.6. The molecule has 3 heteroatoms. The number of pyridine rings is 1. The lowest BCUT2D eigenvalue weighted by molar-refractivity contribution is 0.330. The van der Waals surface area contributed by atoms with Crippen LogP contribution in [-0.4, -0.2) is 42.6 Å². The summed E-state index contributed by atoms with van der Waals surface area (Å²) in [7, 11) is 2.27. The summed E-state index contributed by atoms with van der Waals surface area (Å²) in [6.45, 7) is 5.69. The zero-order valence-electron chi connectivity index (χ0n) is 14.8. The van der Waals surface area contributed by atoms with Crippen LogP contribution in [0.5, 0.6) is 0 Å². The smallest absolute Gasteiger partial charge is 0.0421 e. The zero-order chi connectivity index (χ0) is 16.5. The molecular weight excluding hydrogens is 294 g/mol. The Morgan fingerprint density at radius 3 is 2.96 bits per heavy atom. The van der Waals surface area contributed by atoms with Crippen LogP contribution in [-0.2, 0) is 6.42 Å². The molecule has 3 nitrogen and oxygen atoms in total. The molecule has 0 bridgehead atoms. The SMILES string of the molecule is Cc1ccc2c(c1)[C@H]1CN(C)CCC[C@@H]1N2CCc1ccccn1. The second-order valence-electron chi connectivity index (χ2n) is 7.41. The third kappa shape index (κ3) is 2.93. The van der Waals surface area contributed by atoms with Crippen molar-refractivity contribution in [1.29, 1.82) is 0 Å². The summed E-state index contributed by atoms with van der Waals surface area (Å²) >= 11 is 0. The van der Waals surface area contributed by atoms with Gasteiger partial charge in [-0.05, 0) is 57.1 Å². The maximum Gasteiger partial charge on any atom is 0.0421 e. The monoisotopic (exact) mass is 321 g/mol. The summed E-state index contributed by atoms with van der Waals surface area (Å²) in [4.78, 5) is 9.70. The van der Waals surface area contributed by atoms with E-state index in [4.69, 9.17) is 0 Å². The lowest BCUT2D eigenvalue weighted by atomic mass is 9.92. The first-order valence-corrected chi connectivity index (χ1v) is 9.18. The summed E-state index contributed by atoms with van der Waals surface area (Å²) in [5, 5.41) is 0. The van der Waals surface area contributed by atoms with Crippen LogP contribution in [0.15, 0.2) is 42.6 Å². The Bertz CT molecular complexity index is 697. The van der Waals surface area contributed by atoms with E-state index in [9.17, 15) is 0 Å². The summed E-state index contributed by atoms with van der Waals surface area (Å²) < 4.78 is 0. The Morgan fingerprint density at radius 1 is 1.21 bits per heavy atom. The van der Waals surface area contributed by atoms with Gasteiger partial charge >= 0.3 is 0 Å². The fourth-order valence-electron chi connectivity index (χ4n) is 4.48. The first-order valence-electron chi connectivity index (χ1n) is 9.18. The van der Waals surface area contributed by atoms with Crippen LogP contribution < -0.4 is 4.90 Å². The van der Waals surface area contributed by atoms with Crippen LogP contribution in [0.25, 0.3) is 0 Å². The van der Waals surface area contributed by atoms with E-state index in [1.165, 1.54) is 42.9 Å². The minimum atomic E-state index is 0.649. The fourth-order valence-corrected chi connectivity index (χ4v) is 4.48. The number of likely N-dealkylation sites (N-methyl/N-ethyl adjacent to an activating group) is 1. The van der Waals surface area contributed by atoms with E-state index < -0.39 is 0 Å². The Kier molecular flexibility index (Phi) is 4.28. The molecule has 2 atom stereocenters. The lowest BCUT2D eigenvalue weighted by Crippen LogP contribution is -2.37. The number of aromatic nitrogens is 1. The van der Waals surface area contributed by atoms with Gasteiger partial charge in [0.25, 0.3) is 0 Å². The Balaban J connectivity index is 1.63. The molecule has 24 heavy (non-hydrogen) atoms. The second kappa shape index (κ2) is 6.56. The van der Waals surface area contributed by atoms with Crippen molar-refractivity contribution in [3.8, 4) is 0 Å². The number of fused-ring (bicyclic) bond motifs is 3. The molecule has 126 valence electrons. The van der Waals surface area contributed by atoms with Crippen molar-refractivity contribution in [2.75, 3.05) is 31.6 Å². The van der Waals surface area contributed by atoms with Crippen molar-refractivity contribution in [2.45, 2.75) is 38.1 Å². The number of hydrogen-bond acceptors (Lipinski definition) is 3. The summed E-state index contributed by atoms with van der Waals surface area (Å²) in [6.07, 6.45) is 5.52. The van der Waals surface area contributed by atoms with Crippen molar-refractivity contribution >= 4 is 5.69 Å². The molecule has 0 saturated carbocycles. The molecule has 0 aliphatic carbocycles. The largest absolute Gasteiger partial charge is 0.367 e. The predicted octanol–water partition coefficient (Wildman–Crippen LogP) is 3.63. The third-order valence-corrected chi connectivity index (χ3v) is 5.64. The zero-order valence-corrected chi connectivity index (χ0v) is 14.8. The van der Waals surface area contributed by atoms with E-state index in [-0.39, 0.29) is 0 Å². The molecule has 1 aromatic carbocycles. The van der Waals surface area contributed by atoms with Gasteiger partial charge in [0.15, 0.2) is 0 Å². The molecule has 0 spiro atoms. The number of anilines is 1. The molecule has 1 fully saturated rings. The van der Waals surface area contributed by atoms with Crippen LogP contribution in [0.3, 0.4) is 0 Å².